The smallest absolute Gasteiger partial charge is 0.326 e. The van der Waals surface area contributed by atoms with Crippen LogP contribution in [0, 0.1) is 0 Å². The number of hydrogen-bond acceptors (Lipinski definition) is 8. The predicted molar refractivity (Wildman–Crippen MR) is 130 cm³/mol. The van der Waals surface area contributed by atoms with E-state index in [1.54, 1.807) is 30.3 Å². The fourth-order valence-electron chi connectivity index (χ4n) is 3.17. The molecule has 14 nitrogen and oxygen atoms in total. The van der Waals surface area contributed by atoms with Crippen molar-refractivity contribution in [2.75, 3.05) is 13.2 Å². The number of carbonyl (C=O) groups excluding carboxylic acids is 4. The highest BCUT2D eigenvalue weighted by molar-refractivity contribution is 5.94. The first kappa shape index (κ1) is 28.9. The molecule has 0 aliphatic rings. The lowest BCUT2D eigenvalue weighted by Gasteiger charge is -2.21. The van der Waals surface area contributed by atoms with Gasteiger partial charge in [0.15, 0.2) is 0 Å². The standard InChI is InChI=1S/C23H31N7O7/c1-13(28-21(34)16(24)11-31)20(33)30-17(8-15-9-25-12-27-15)22(35)26-10-19(32)29-18(23(36)37)7-14-5-3-2-4-6-14/h2-6,9,12-13,16-18,31H,7-8,10-11,24H2,1H3,(H,25,27)(H,26,35)(H,28,34)(H,29,32)(H,30,33)(H,36,37)/t13-,16-,17-,18-/m0/s1. The van der Waals surface area contributed by atoms with Crippen LogP contribution in [0.4, 0.5) is 0 Å². The maximum Gasteiger partial charge on any atom is 0.326 e. The highest BCUT2D eigenvalue weighted by Gasteiger charge is 2.27. The third-order valence-corrected chi connectivity index (χ3v) is 5.23. The average Bonchev–Trinajstić information content (AvgIpc) is 3.39. The van der Waals surface area contributed by atoms with E-state index < -0.39 is 66.9 Å². The lowest BCUT2D eigenvalue weighted by molar-refractivity contribution is -0.141. The van der Waals surface area contributed by atoms with Gasteiger partial charge in [-0.25, -0.2) is 9.78 Å². The van der Waals surface area contributed by atoms with Crippen LogP contribution in [0.3, 0.4) is 0 Å². The Bertz CT molecular complexity index is 1060. The van der Waals surface area contributed by atoms with Gasteiger partial charge >= 0.3 is 5.97 Å². The number of aromatic nitrogens is 2. The van der Waals surface area contributed by atoms with Crippen LogP contribution in [0.25, 0.3) is 0 Å². The minimum absolute atomic E-state index is 0.0364. The van der Waals surface area contributed by atoms with E-state index in [9.17, 15) is 29.1 Å². The molecule has 4 atom stereocenters. The van der Waals surface area contributed by atoms with Gasteiger partial charge in [0.25, 0.3) is 0 Å². The summed E-state index contributed by atoms with van der Waals surface area (Å²) in [6, 6.07) is 4.06. The number of rotatable bonds is 14. The monoisotopic (exact) mass is 517 g/mol. The number of nitrogens with two attached hydrogens (primary N) is 1. The largest absolute Gasteiger partial charge is 0.480 e. The highest BCUT2D eigenvalue weighted by atomic mass is 16.4. The number of amides is 4. The van der Waals surface area contributed by atoms with E-state index in [0.29, 0.717) is 11.3 Å². The molecule has 1 aromatic heterocycles. The Morgan fingerprint density at radius 3 is 2.27 bits per heavy atom. The van der Waals surface area contributed by atoms with Crippen LogP contribution in [-0.4, -0.2) is 87.1 Å². The van der Waals surface area contributed by atoms with Crippen LogP contribution in [0.15, 0.2) is 42.9 Å². The quantitative estimate of drug-likeness (QED) is 0.129. The fourth-order valence-corrected chi connectivity index (χ4v) is 3.17. The van der Waals surface area contributed by atoms with E-state index in [2.05, 4.69) is 31.2 Å². The minimum atomic E-state index is -1.23. The lowest BCUT2D eigenvalue weighted by Crippen LogP contribution is -2.56. The SMILES string of the molecule is C[C@H](NC(=O)[C@@H](N)CO)C(=O)N[C@@H](Cc1c[nH]cn1)C(=O)NCC(=O)N[C@@H](Cc1ccccc1)C(=O)O. The van der Waals surface area contributed by atoms with Crippen molar-refractivity contribution in [1.29, 1.82) is 0 Å². The van der Waals surface area contributed by atoms with Crippen LogP contribution < -0.4 is 27.0 Å². The molecule has 2 rings (SSSR count). The summed E-state index contributed by atoms with van der Waals surface area (Å²) < 4.78 is 0. The van der Waals surface area contributed by atoms with Crippen LogP contribution >= 0.6 is 0 Å². The van der Waals surface area contributed by atoms with Gasteiger partial charge in [-0.3, -0.25) is 19.2 Å². The van der Waals surface area contributed by atoms with Crippen molar-refractivity contribution < 1.29 is 34.2 Å². The third kappa shape index (κ3) is 9.70. The summed E-state index contributed by atoms with van der Waals surface area (Å²) in [5.74, 6) is -4.16. The Kier molecular flexibility index (Phi) is 11.2. The van der Waals surface area contributed by atoms with Crippen molar-refractivity contribution >= 4 is 29.6 Å². The number of carboxylic acids is 1. The van der Waals surface area contributed by atoms with E-state index in [-0.39, 0.29) is 12.8 Å². The summed E-state index contributed by atoms with van der Waals surface area (Å²) in [6.07, 6.45) is 2.92. The van der Waals surface area contributed by atoms with Gasteiger partial charge in [0.2, 0.25) is 23.6 Å². The van der Waals surface area contributed by atoms with E-state index in [1.165, 1.54) is 19.4 Å². The minimum Gasteiger partial charge on any atom is -0.480 e. The second-order valence-corrected chi connectivity index (χ2v) is 8.21. The molecule has 1 aromatic carbocycles. The molecule has 0 aliphatic carbocycles. The summed E-state index contributed by atoms with van der Waals surface area (Å²) in [7, 11) is 0. The van der Waals surface area contributed by atoms with Crippen LogP contribution in [0.1, 0.15) is 18.2 Å². The summed E-state index contributed by atoms with van der Waals surface area (Å²) in [5, 5.41) is 28.0. The number of imidazole rings is 1. The zero-order chi connectivity index (χ0) is 27.4. The molecule has 4 amide bonds. The second-order valence-electron chi connectivity index (χ2n) is 8.21. The second kappa shape index (κ2) is 14.3. The molecule has 0 aliphatic heterocycles. The van der Waals surface area contributed by atoms with Crippen LogP contribution in [-0.2, 0) is 36.8 Å². The van der Waals surface area contributed by atoms with Gasteiger partial charge in [0, 0.05) is 19.0 Å². The zero-order valence-corrected chi connectivity index (χ0v) is 20.1. The lowest BCUT2D eigenvalue weighted by atomic mass is 10.1. The molecule has 14 heteroatoms. The van der Waals surface area contributed by atoms with Crippen molar-refractivity contribution in [2.24, 2.45) is 5.73 Å². The van der Waals surface area contributed by atoms with Gasteiger partial charge in [-0.05, 0) is 12.5 Å². The number of carboxylic acid groups (broad SMARTS) is 1. The molecule has 1 heterocycles. The first-order chi connectivity index (χ1) is 17.6. The first-order valence-electron chi connectivity index (χ1n) is 11.4. The van der Waals surface area contributed by atoms with Gasteiger partial charge in [-0.2, -0.15) is 0 Å². The maximum absolute atomic E-state index is 12.8. The maximum atomic E-state index is 12.8. The number of aliphatic carboxylic acids is 1. The van der Waals surface area contributed by atoms with Gasteiger partial charge in [0.05, 0.1) is 25.2 Å². The fraction of sp³-hybridized carbons (Fsp3) is 0.391. The van der Waals surface area contributed by atoms with Crippen molar-refractivity contribution in [1.82, 2.24) is 31.2 Å². The Morgan fingerprint density at radius 2 is 1.68 bits per heavy atom. The molecule has 200 valence electrons. The van der Waals surface area contributed by atoms with Crippen molar-refractivity contribution in [3.8, 4) is 0 Å². The molecule has 9 N–H and O–H groups in total. The Balaban J connectivity index is 1.98. The summed E-state index contributed by atoms with van der Waals surface area (Å²) in [6.45, 7) is 0.218. The number of aliphatic hydroxyl groups excluding tert-OH is 1. The van der Waals surface area contributed by atoms with Crippen molar-refractivity contribution in [3.05, 3.63) is 54.1 Å². The van der Waals surface area contributed by atoms with E-state index in [0.717, 1.165) is 0 Å². The number of benzene rings is 1. The van der Waals surface area contributed by atoms with Crippen molar-refractivity contribution in [2.45, 2.75) is 43.9 Å². The summed E-state index contributed by atoms with van der Waals surface area (Å²) in [5.41, 5.74) is 6.58. The number of H-pyrrole nitrogens is 1. The topological polar surface area (TPSA) is 229 Å². The first-order valence-corrected chi connectivity index (χ1v) is 11.4. The zero-order valence-electron chi connectivity index (χ0n) is 20.1. The normalized spacial score (nSPS) is 13.9. The average molecular weight is 518 g/mol. The predicted octanol–water partition coefficient (Wildman–Crippen LogP) is -2.81. The number of hydrogen-bond donors (Lipinski definition) is 8. The molecular weight excluding hydrogens is 486 g/mol. The van der Waals surface area contributed by atoms with E-state index >= 15 is 0 Å². The Labute approximate surface area is 212 Å². The number of aromatic amines is 1. The molecule has 0 spiro atoms. The summed E-state index contributed by atoms with van der Waals surface area (Å²) in [4.78, 5) is 67.9. The molecule has 0 saturated heterocycles. The molecule has 37 heavy (non-hydrogen) atoms. The highest BCUT2D eigenvalue weighted by Crippen LogP contribution is 2.04. The van der Waals surface area contributed by atoms with Gasteiger partial charge in [-0.1, -0.05) is 30.3 Å². The number of nitrogens with zero attached hydrogens (tertiary/aromatic N) is 1. The number of carbonyl (C=O) groups is 5. The van der Waals surface area contributed by atoms with Gasteiger partial charge < -0.3 is 42.2 Å². The van der Waals surface area contributed by atoms with E-state index in [4.69, 9.17) is 10.8 Å². The molecular formula is C23H31N7O7. The van der Waals surface area contributed by atoms with Crippen LogP contribution in [0.5, 0.6) is 0 Å². The molecule has 0 bridgehead atoms. The molecule has 0 unspecified atom stereocenters. The summed E-state index contributed by atoms with van der Waals surface area (Å²) >= 11 is 0. The Morgan fingerprint density at radius 1 is 0.973 bits per heavy atom. The number of aliphatic hydroxyl groups is 1. The number of nitrogens with one attached hydrogen (secondary N) is 5. The molecule has 2 aromatic rings. The molecule has 0 fully saturated rings. The van der Waals surface area contributed by atoms with Gasteiger partial charge in [-0.15, -0.1) is 0 Å². The molecule has 0 radical (unpaired) electrons. The Hall–Kier alpha value is -4.30. The van der Waals surface area contributed by atoms with Gasteiger partial charge in [0.1, 0.15) is 24.2 Å². The van der Waals surface area contributed by atoms with Crippen molar-refractivity contribution in [3.63, 3.8) is 0 Å². The molecule has 0 saturated carbocycles. The van der Waals surface area contributed by atoms with E-state index in [1.807, 2.05) is 0 Å². The third-order valence-electron chi connectivity index (χ3n) is 5.23. The van der Waals surface area contributed by atoms with Crippen LogP contribution in [0.2, 0.25) is 0 Å².